The maximum atomic E-state index is 14.1. The lowest BCUT2D eigenvalue weighted by Crippen LogP contribution is -2.32. The van der Waals surface area contributed by atoms with Crippen molar-refractivity contribution < 1.29 is 4.79 Å². The maximum Gasteiger partial charge on any atom is 0.197 e. The fourth-order valence-electron chi connectivity index (χ4n) is 5.85. The van der Waals surface area contributed by atoms with Crippen LogP contribution in [0.4, 0.5) is 28.4 Å². The number of hydrogen-bond acceptors (Lipinski definition) is 3. The van der Waals surface area contributed by atoms with Gasteiger partial charge in [0, 0.05) is 11.6 Å². The number of carbonyl (C=O) groups excluding carboxylic acids is 1. The van der Waals surface area contributed by atoms with E-state index in [1.165, 1.54) is 0 Å². The fraction of sp³-hybridized carbons (Fsp3) is 0.0938. The molecule has 3 aliphatic carbocycles. The maximum absolute atomic E-state index is 14.1. The van der Waals surface area contributed by atoms with Crippen LogP contribution in [0.25, 0.3) is 22.3 Å². The Hall–Kier alpha value is -4.37. The highest BCUT2D eigenvalue weighted by Crippen LogP contribution is 2.55. The van der Waals surface area contributed by atoms with E-state index in [0.717, 1.165) is 61.8 Å². The molecule has 0 N–H and O–H groups in total. The number of benzene rings is 3. The Morgan fingerprint density at radius 2 is 1.11 bits per heavy atom. The van der Waals surface area contributed by atoms with E-state index in [-0.39, 0.29) is 5.78 Å². The Bertz CT molecular complexity index is 1570. The third kappa shape index (κ3) is 2.69. The van der Waals surface area contributed by atoms with Gasteiger partial charge in [0.15, 0.2) is 5.78 Å². The molecule has 0 amide bonds. The van der Waals surface area contributed by atoms with Crippen molar-refractivity contribution in [1.29, 1.82) is 0 Å². The van der Waals surface area contributed by atoms with Gasteiger partial charge in [0.05, 0.1) is 34.0 Å². The molecule has 0 bridgehead atoms. The van der Waals surface area contributed by atoms with Gasteiger partial charge in [-0.3, -0.25) is 4.79 Å². The Morgan fingerprint density at radius 3 is 1.80 bits per heavy atom. The number of ketones is 1. The van der Waals surface area contributed by atoms with Crippen molar-refractivity contribution in [3.8, 4) is 22.3 Å². The van der Waals surface area contributed by atoms with Crippen molar-refractivity contribution in [3.05, 3.63) is 114 Å². The molecule has 0 aromatic heterocycles. The smallest absolute Gasteiger partial charge is 0.197 e. The number of carbonyl (C=O) groups is 1. The van der Waals surface area contributed by atoms with Crippen LogP contribution in [0.15, 0.2) is 103 Å². The molecule has 3 nitrogen and oxygen atoms in total. The minimum Gasteiger partial charge on any atom is -0.336 e. The summed E-state index contributed by atoms with van der Waals surface area (Å²) in [6, 6.07) is 35.9. The summed E-state index contributed by atoms with van der Waals surface area (Å²) in [6.45, 7) is 4.43. The molecule has 0 fully saturated rings. The molecule has 0 saturated carbocycles. The molecular formula is C32H24N2O. The number of fused-ring (bicyclic) bond motifs is 7. The summed E-state index contributed by atoms with van der Waals surface area (Å²) in [4.78, 5) is 18.7. The Labute approximate surface area is 205 Å². The topological polar surface area (TPSA) is 23.6 Å². The third-order valence-electron chi connectivity index (χ3n) is 7.22. The molecule has 35 heavy (non-hydrogen) atoms. The van der Waals surface area contributed by atoms with E-state index < -0.39 is 0 Å². The number of hydrogen-bond donors (Lipinski definition) is 0. The molecule has 0 atom stereocenters. The van der Waals surface area contributed by atoms with Crippen molar-refractivity contribution in [3.63, 3.8) is 0 Å². The second-order valence-corrected chi connectivity index (χ2v) is 9.52. The van der Waals surface area contributed by atoms with Crippen LogP contribution in [0.5, 0.6) is 0 Å². The second-order valence-electron chi connectivity index (χ2n) is 9.52. The number of anilines is 5. The second kappa shape index (κ2) is 7.31. The summed E-state index contributed by atoms with van der Waals surface area (Å²) in [6.07, 6.45) is 0. The van der Waals surface area contributed by atoms with Gasteiger partial charge in [0.25, 0.3) is 0 Å². The zero-order valence-electron chi connectivity index (χ0n) is 19.7. The molecule has 0 unspecified atom stereocenters. The summed E-state index contributed by atoms with van der Waals surface area (Å²) < 4.78 is 0. The first-order valence-electron chi connectivity index (χ1n) is 12.1. The molecule has 0 saturated heterocycles. The fourth-order valence-corrected chi connectivity index (χ4v) is 5.85. The van der Waals surface area contributed by atoms with E-state index in [4.69, 9.17) is 0 Å². The minimum atomic E-state index is 0.105. The lowest BCUT2D eigenvalue weighted by Gasteiger charge is -2.42. The van der Waals surface area contributed by atoms with Gasteiger partial charge in [-0.2, -0.15) is 0 Å². The van der Waals surface area contributed by atoms with Gasteiger partial charge < -0.3 is 9.80 Å². The van der Waals surface area contributed by atoms with Crippen LogP contribution in [0, 0.1) is 0 Å². The van der Waals surface area contributed by atoms with Crippen LogP contribution < -0.4 is 9.80 Å². The first-order valence-corrected chi connectivity index (χ1v) is 12.1. The molecule has 7 rings (SSSR count). The van der Waals surface area contributed by atoms with Crippen molar-refractivity contribution in [1.82, 2.24) is 0 Å². The van der Waals surface area contributed by atoms with Crippen molar-refractivity contribution in [2.75, 3.05) is 9.80 Å². The molecule has 0 radical (unpaired) electrons. The zero-order valence-corrected chi connectivity index (χ0v) is 19.7. The first-order chi connectivity index (χ1) is 17.1. The van der Waals surface area contributed by atoms with E-state index in [0.29, 0.717) is 6.04 Å². The van der Waals surface area contributed by atoms with E-state index in [2.05, 4.69) is 109 Å². The highest BCUT2D eigenvalue weighted by Gasteiger charge is 2.38. The minimum absolute atomic E-state index is 0.105. The Morgan fingerprint density at radius 1 is 0.543 bits per heavy atom. The van der Waals surface area contributed by atoms with Gasteiger partial charge in [-0.25, -0.2) is 0 Å². The number of rotatable bonds is 2. The van der Waals surface area contributed by atoms with Crippen molar-refractivity contribution in [2.45, 2.75) is 19.9 Å². The molecule has 0 spiro atoms. The van der Waals surface area contributed by atoms with E-state index >= 15 is 0 Å². The summed E-state index contributed by atoms with van der Waals surface area (Å²) in [5.41, 5.74) is 11.2. The van der Waals surface area contributed by atoms with Crippen LogP contribution in [0.3, 0.4) is 0 Å². The average molecular weight is 453 g/mol. The third-order valence-corrected chi connectivity index (χ3v) is 7.22. The number of nitrogens with zero attached hydrogens (tertiary/aromatic N) is 2. The van der Waals surface area contributed by atoms with E-state index in [1.54, 1.807) is 0 Å². The SMILES string of the molecule is CC(C)N1c2ccccc2N(c2cccc3c2C(=O)c2c4cccccc-4cc2-3)c2ccccc21. The van der Waals surface area contributed by atoms with E-state index in [1.807, 2.05) is 18.2 Å². The summed E-state index contributed by atoms with van der Waals surface area (Å²) in [7, 11) is 0. The highest BCUT2D eigenvalue weighted by molar-refractivity contribution is 6.29. The quantitative estimate of drug-likeness (QED) is 0.264. The zero-order chi connectivity index (χ0) is 23.7. The van der Waals surface area contributed by atoms with Gasteiger partial charge in [0.2, 0.25) is 0 Å². The van der Waals surface area contributed by atoms with Gasteiger partial charge in [-0.15, -0.1) is 0 Å². The predicted molar refractivity (Wildman–Crippen MR) is 144 cm³/mol. The lowest BCUT2D eigenvalue weighted by atomic mass is 9.98. The standard InChI is InChI=1S/C32H24N2O/c1-20(2)33-25-14-6-8-16-27(25)34(28-17-9-7-15-26(28)33)29-18-10-13-23-24-19-21-11-4-3-5-12-22(21)30(24)32(35)31(23)29/h3-20H,1-2H3. The van der Waals surface area contributed by atoms with Gasteiger partial charge >= 0.3 is 0 Å². The summed E-state index contributed by atoms with van der Waals surface area (Å²) in [5.74, 6) is 0.105. The Kier molecular flexibility index (Phi) is 4.19. The molecule has 168 valence electrons. The highest BCUT2D eigenvalue weighted by atomic mass is 16.1. The van der Waals surface area contributed by atoms with Crippen LogP contribution in [-0.2, 0) is 0 Å². The van der Waals surface area contributed by atoms with Crippen molar-refractivity contribution >= 4 is 34.2 Å². The van der Waals surface area contributed by atoms with Crippen LogP contribution in [0.2, 0.25) is 0 Å². The summed E-state index contributed by atoms with van der Waals surface area (Å²) in [5, 5.41) is 0. The molecular weight excluding hydrogens is 428 g/mol. The normalized spacial score (nSPS) is 13.6. The average Bonchev–Trinajstić information content (AvgIpc) is 3.26. The monoisotopic (exact) mass is 452 g/mol. The molecule has 3 aromatic carbocycles. The molecule has 1 heterocycles. The molecule has 4 aliphatic rings. The van der Waals surface area contributed by atoms with Gasteiger partial charge in [0.1, 0.15) is 0 Å². The van der Waals surface area contributed by atoms with Gasteiger partial charge in [-0.05, 0) is 72.5 Å². The molecule has 3 heteroatoms. The van der Waals surface area contributed by atoms with Crippen molar-refractivity contribution in [2.24, 2.45) is 0 Å². The molecule has 1 aliphatic heterocycles. The Balaban J connectivity index is 1.50. The number of para-hydroxylation sites is 4. The first kappa shape index (κ1) is 20.0. The van der Waals surface area contributed by atoms with Crippen LogP contribution in [0.1, 0.15) is 29.8 Å². The predicted octanol–water partition coefficient (Wildman–Crippen LogP) is 8.33. The lowest BCUT2D eigenvalue weighted by molar-refractivity contribution is 0.104. The van der Waals surface area contributed by atoms with Crippen LogP contribution in [-0.4, -0.2) is 11.8 Å². The van der Waals surface area contributed by atoms with Crippen LogP contribution >= 0.6 is 0 Å². The van der Waals surface area contributed by atoms with E-state index in [9.17, 15) is 4.79 Å². The largest absolute Gasteiger partial charge is 0.336 e. The van der Waals surface area contributed by atoms with Gasteiger partial charge in [-0.1, -0.05) is 66.7 Å². The summed E-state index contributed by atoms with van der Waals surface area (Å²) >= 11 is 0. The molecule has 3 aromatic rings.